The van der Waals surface area contributed by atoms with Crippen LogP contribution >= 0.6 is 0 Å². The Balaban J connectivity index is 2.15. The molecule has 9 atom stereocenters. The molecule has 3 aliphatic heterocycles. The molecule has 0 aromatic carbocycles. The Kier molecular flexibility index (Phi) is 17.5. The van der Waals surface area contributed by atoms with Gasteiger partial charge in [-0.1, -0.05) is 0 Å². The molecule has 0 aliphatic carbocycles. The molecule has 0 radical (unpaired) electrons. The molecule has 0 N–H and O–H groups in total. The Morgan fingerprint density at radius 3 is 1.38 bits per heavy atom. The third kappa shape index (κ3) is 13.5. The SMILES string of the molecule is CC(=O)OC[C@@]12O[C@H]3O[C@H](COCCOCCOCCOCCOC[C@@H](O1)[C@@H](OC(C)=O)[C@@H]2OC(C)=O)[C@@H](OC(C)=O)[C@H](OC(C)=O)[C@H]3OC(C)=O. The van der Waals surface area contributed by atoms with Crippen molar-refractivity contribution in [2.45, 2.75) is 96.3 Å². The standard InChI is InChI=1S/C32H48O20/c1-18(33)44-17-32-30(49-23(6)38)27(46-20(3)35)25(51-32)16-43-14-12-41-10-8-39-7-9-40-11-13-42-15-24-26(45-19(2)34)28(47-21(4)36)29(48-22(5)37)31(50-24)52-32/h24-31H,7-17H2,1-6H3/t24-,25-,26-,27-,28+,29-,30+,31-,32+/m1/s1. The van der Waals surface area contributed by atoms with Gasteiger partial charge in [0, 0.05) is 41.5 Å². The lowest BCUT2D eigenvalue weighted by molar-refractivity contribution is -0.385. The number of esters is 6. The molecule has 20 heteroatoms. The quantitative estimate of drug-likeness (QED) is 0.227. The van der Waals surface area contributed by atoms with Crippen LogP contribution in [0.15, 0.2) is 0 Å². The molecule has 4 bridgehead atoms. The molecule has 3 fully saturated rings. The van der Waals surface area contributed by atoms with E-state index in [-0.39, 0.29) is 66.1 Å². The molecule has 20 nitrogen and oxygen atoms in total. The molecule has 3 saturated heterocycles. The molecule has 0 amide bonds. The number of hydrogen-bond acceptors (Lipinski definition) is 20. The van der Waals surface area contributed by atoms with Gasteiger partial charge in [0.25, 0.3) is 0 Å². The fourth-order valence-corrected chi connectivity index (χ4v) is 5.53. The molecule has 0 unspecified atom stereocenters. The first-order valence-electron chi connectivity index (χ1n) is 16.6. The van der Waals surface area contributed by atoms with Crippen molar-refractivity contribution in [1.29, 1.82) is 0 Å². The van der Waals surface area contributed by atoms with Crippen molar-refractivity contribution in [3.05, 3.63) is 0 Å². The Labute approximate surface area is 300 Å². The maximum Gasteiger partial charge on any atom is 0.303 e. The number of hydrogen-bond donors (Lipinski definition) is 0. The summed E-state index contributed by atoms with van der Waals surface area (Å²) in [5, 5.41) is 0. The zero-order chi connectivity index (χ0) is 38.3. The highest BCUT2D eigenvalue weighted by Crippen LogP contribution is 2.41. The normalized spacial score (nSPS) is 32.4. The largest absolute Gasteiger partial charge is 0.460 e. The van der Waals surface area contributed by atoms with E-state index in [1.807, 2.05) is 0 Å². The van der Waals surface area contributed by atoms with Crippen molar-refractivity contribution in [2.75, 3.05) is 72.7 Å². The summed E-state index contributed by atoms with van der Waals surface area (Å²) in [6.07, 6.45) is -12.1. The Hall–Kier alpha value is -3.50. The maximum absolute atomic E-state index is 12.5. The second kappa shape index (κ2) is 21.3. The first-order chi connectivity index (χ1) is 24.7. The molecule has 0 spiro atoms. The maximum atomic E-state index is 12.5. The summed E-state index contributed by atoms with van der Waals surface area (Å²) in [4.78, 5) is 74.2. The first-order valence-corrected chi connectivity index (χ1v) is 16.6. The monoisotopic (exact) mass is 752 g/mol. The van der Waals surface area contributed by atoms with Crippen molar-refractivity contribution < 1.29 is 95.1 Å². The number of ether oxygens (including phenoxy) is 14. The second-order valence-electron chi connectivity index (χ2n) is 11.7. The fraction of sp³-hybridized carbons (Fsp3) is 0.812. The molecule has 296 valence electrons. The van der Waals surface area contributed by atoms with Crippen LogP contribution in [0.2, 0.25) is 0 Å². The molecule has 52 heavy (non-hydrogen) atoms. The summed E-state index contributed by atoms with van der Waals surface area (Å²) >= 11 is 0. The highest BCUT2D eigenvalue weighted by molar-refractivity contribution is 5.69. The van der Waals surface area contributed by atoms with Gasteiger partial charge in [-0.25, -0.2) is 0 Å². The van der Waals surface area contributed by atoms with E-state index >= 15 is 0 Å². The molecular formula is C32H48O20. The van der Waals surface area contributed by atoms with Crippen LogP contribution in [0.3, 0.4) is 0 Å². The van der Waals surface area contributed by atoms with Gasteiger partial charge >= 0.3 is 35.8 Å². The van der Waals surface area contributed by atoms with E-state index in [4.69, 9.17) is 66.3 Å². The van der Waals surface area contributed by atoms with Crippen molar-refractivity contribution >= 4 is 35.8 Å². The Morgan fingerprint density at radius 1 is 0.481 bits per heavy atom. The number of carbonyl (C=O) groups excluding carboxylic acids is 6. The summed E-state index contributed by atoms with van der Waals surface area (Å²) in [6.45, 7) is 6.58. The van der Waals surface area contributed by atoms with E-state index < -0.39 is 97.2 Å². The van der Waals surface area contributed by atoms with Gasteiger partial charge in [-0.05, 0) is 0 Å². The zero-order valence-corrected chi connectivity index (χ0v) is 30.1. The van der Waals surface area contributed by atoms with Gasteiger partial charge in [-0.15, -0.1) is 0 Å². The third-order valence-corrected chi connectivity index (χ3v) is 7.39. The van der Waals surface area contributed by atoms with Crippen molar-refractivity contribution in [3.63, 3.8) is 0 Å². The minimum absolute atomic E-state index is 0.0344. The molecule has 3 rings (SSSR count). The van der Waals surface area contributed by atoms with E-state index in [2.05, 4.69) is 0 Å². The Morgan fingerprint density at radius 2 is 0.904 bits per heavy atom. The lowest BCUT2D eigenvalue weighted by Crippen LogP contribution is -2.65. The zero-order valence-electron chi connectivity index (χ0n) is 30.1. The summed E-state index contributed by atoms with van der Waals surface area (Å²) in [5.41, 5.74) is 0. The lowest BCUT2D eigenvalue weighted by Gasteiger charge is -2.46. The smallest absolute Gasteiger partial charge is 0.303 e. The predicted molar refractivity (Wildman–Crippen MR) is 166 cm³/mol. The van der Waals surface area contributed by atoms with Gasteiger partial charge in [0.05, 0.1) is 66.1 Å². The van der Waals surface area contributed by atoms with Crippen LogP contribution in [-0.2, 0) is 95.1 Å². The average molecular weight is 753 g/mol. The summed E-state index contributed by atoms with van der Waals surface area (Å²) in [5.74, 6) is -7.39. The minimum Gasteiger partial charge on any atom is -0.460 e. The molecule has 3 aliphatic rings. The summed E-state index contributed by atoms with van der Waals surface area (Å²) in [6, 6.07) is 0. The molecule has 3 heterocycles. The van der Waals surface area contributed by atoms with Crippen LogP contribution in [0, 0.1) is 0 Å². The predicted octanol–water partition coefficient (Wildman–Crippen LogP) is -0.859. The van der Waals surface area contributed by atoms with Gasteiger partial charge in [0.1, 0.15) is 18.8 Å². The summed E-state index contributed by atoms with van der Waals surface area (Å²) in [7, 11) is 0. The van der Waals surface area contributed by atoms with Crippen molar-refractivity contribution in [3.8, 4) is 0 Å². The van der Waals surface area contributed by atoms with Crippen molar-refractivity contribution in [2.24, 2.45) is 0 Å². The van der Waals surface area contributed by atoms with Crippen LogP contribution in [0.25, 0.3) is 0 Å². The first kappa shape index (κ1) is 42.9. The van der Waals surface area contributed by atoms with Crippen molar-refractivity contribution in [1.82, 2.24) is 0 Å². The van der Waals surface area contributed by atoms with Crippen LogP contribution < -0.4 is 0 Å². The number of rotatable bonds is 7. The van der Waals surface area contributed by atoms with Gasteiger partial charge < -0.3 is 66.3 Å². The minimum atomic E-state index is -2.35. The molecule has 0 aromatic rings. The fourth-order valence-electron chi connectivity index (χ4n) is 5.53. The number of carbonyl (C=O) groups is 6. The Bertz CT molecular complexity index is 1210. The number of fused-ring (bicyclic) bond motifs is 4. The van der Waals surface area contributed by atoms with Gasteiger partial charge in [-0.3, -0.25) is 28.8 Å². The van der Waals surface area contributed by atoms with E-state index in [1.54, 1.807) is 0 Å². The molecule has 0 aromatic heterocycles. The van der Waals surface area contributed by atoms with Gasteiger partial charge in [0.2, 0.25) is 12.1 Å². The van der Waals surface area contributed by atoms with E-state index in [1.165, 1.54) is 0 Å². The second-order valence-corrected chi connectivity index (χ2v) is 11.7. The van der Waals surface area contributed by atoms with Crippen LogP contribution in [0.4, 0.5) is 0 Å². The summed E-state index contributed by atoms with van der Waals surface area (Å²) < 4.78 is 80.0. The van der Waals surface area contributed by atoms with E-state index in [0.717, 1.165) is 41.5 Å². The average Bonchev–Trinajstić information content (AvgIpc) is 3.30. The topological polar surface area (TPSA) is 232 Å². The molecule has 0 saturated carbocycles. The van der Waals surface area contributed by atoms with Crippen LogP contribution in [-0.4, -0.2) is 163 Å². The van der Waals surface area contributed by atoms with Crippen LogP contribution in [0.1, 0.15) is 41.5 Å². The highest BCUT2D eigenvalue weighted by Gasteiger charge is 2.64. The highest BCUT2D eigenvalue weighted by atomic mass is 16.8. The van der Waals surface area contributed by atoms with Crippen LogP contribution in [0.5, 0.6) is 0 Å². The van der Waals surface area contributed by atoms with Gasteiger partial charge in [-0.2, -0.15) is 0 Å². The third-order valence-electron chi connectivity index (χ3n) is 7.39. The molecular weight excluding hydrogens is 704 g/mol. The van der Waals surface area contributed by atoms with Gasteiger partial charge in [0.15, 0.2) is 30.5 Å². The lowest BCUT2D eigenvalue weighted by atomic mass is 9.97. The van der Waals surface area contributed by atoms with E-state index in [9.17, 15) is 28.8 Å². The van der Waals surface area contributed by atoms with E-state index in [0.29, 0.717) is 0 Å².